The smallest absolute Gasteiger partial charge is 0.239 e. The van der Waals surface area contributed by atoms with Gasteiger partial charge in [0.1, 0.15) is 18.0 Å². The predicted molar refractivity (Wildman–Crippen MR) is 112 cm³/mol. The topological polar surface area (TPSA) is 68.5 Å². The molecule has 0 aliphatic carbocycles. The largest absolute Gasteiger partial charge is 0.378 e. The highest BCUT2D eigenvalue weighted by molar-refractivity contribution is 5.76. The molecule has 8 heteroatoms. The van der Waals surface area contributed by atoms with Gasteiger partial charge in [-0.25, -0.2) is 4.98 Å². The second-order valence-corrected chi connectivity index (χ2v) is 7.75. The van der Waals surface area contributed by atoms with Crippen LogP contribution in [0.5, 0.6) is 0 Å². The molecule has 2 aliphatic rings. The van der Waals surface area contributed by atoms with Crippen molar-refractivity contribution in [2.45, 2.75) is 26.1 Å². The van der Waals surface area contributed by atoms with Crippen molar-refractivity contribution in [3.63, 3.8) is 0 Å². The van der Waals surface area contributed by atoms with Crippen molar-refractivity contribution in [2.24, 2.45) is 0 Å². The van der Waals surface area contributed by atoms with Crippen LogP contribution in [0, 0.1) is 0 Å². The van der Waals surface area contributed by atoms with Crippen molar-refractivity contribution in [1.82, 2.24) is 19.5 Å². The van der Waals surface area contributed by atoms with Gasteiger partial charge in [0.25, 0.3) is 0 Å². The number of ether oxygens (including phenoxy) is 2. The molecule has 0 spiro atoms. The maximum atomic E-state index is 5.92. The molecule has 152 valence electrons. The van der Waals surface area contributed by atoms with Crippen LogP contribution < -0.4 is 9.80 Å². The lowest BCUT2D eigenvalue weighted by Crippen LogP contribution is -2.46. The average molecular weight is 394 g/mol. The van der Waals surface area contributed by atoms with E-state index in [1.165, 1.54) is 0 Å². The summed E-state index contributed by atoms with van der Waals surface area (Å²) in [6, 6.07) is 10.2. The molecule has 2 saturated heterocycles. The first-order valence-electron chi connectivity index (χ1n) is 10.2. The second kappa shape index (κ2) is 7.61. The van der Waals surface area contributed by atoms with Crippen LogP contribution in [0.15, 0.2) is 36.7 Å². The minimum atomic E-state index is 0.165. The van der Waals surface area contributed by atoms with Gasteiger partial charge in [-0.2, -0.15) is 9.97 Å². The Morgan fingerprint density at radius 3 is 2.38 bits per heavy atom. The fourth-order valence-corrected chi connectivity index (χ4v) is 4.12. The fourth-order valence-electron chi connectivity index (χ4n) is 4.12. The Morgan fingerprint density at radius 1 is 0.931 bits per heavy atom. The summed E-state index contributed by atoms with van der Waals surface area (Å²) >= 11 is 0. The monoisotopic (exact) mass is 394 g/mol. The first-order valence-corrected chi connectivity index (χ1v) is 10.2. The summed E-state index contributed by atoms with van der Waals surface area (Å²) in [4.78, 5) is 18.9. The van der Waals surface area contributed by atoms with Crippen molar-refractivity contribution in [1.29, 1.82) is 0 Å². The Kier molecular flexibility index (Phi) is 4.81. The molecule has 2 atom stereocenters. The molecular formula is C21H26N6O2. The summed E-state index contributed by atoms with van der Waals surface area (Å²) in [5.41, 5.74) is 1.93. The molecule has 0 saturated carbocycles. The van der Waals surface area contributed by atoms with Gasteiger partial charge < -0.3 is 19.3 Å². The average Bonchev–Trinajstić information content (AvgIpc) is 3.18. The molecule has 0 unspecified atom stereocenters. The van der Waals surface area contributed by atoms with Gasteiger partial charge in [0, 0.05) is 32.2 Å². The summed E-state index contributed by atoms with van der Waals surface area (Å²) < 4.78 is 13.4. The Hall–Kier alpha value is -2.71. The maximum absolute atomic E-state index is 5.92. The SMILES string of the molecule is C[C@@H]1CN(c2cc(N3CCOCC3)nc(-n3cnc4ccccc43)n2)C[C@H](C)O1. The van der Waals surface area contributed by atoms with E-state index in [2.05, 4.69) is 34.7 Å². The lowest BCUT2D eigenvalue weighted by molar-refractivity contribution is -0.00546. The Morgan fingerprint density at radius 2 is 1.62 bits per heavy atom. The number of benzene rings is 1. The number of hydrogen-bond donors (Lipinski definition) is 0. The summed E-state index contributed by atoms with van der Waals surface area (Å²) in [6.45, 7) is 8.94. The normalized spacial score (nSPS) is 23.0. The van der Waals surface area contributed by atoms with Crippen LogP contribution in [-0.2, 0) is 9.47 Å². The molecule has 1 aromatic carbocycles. The Bertz CT molecular complexity index is 990. The van der Waals surface area contributed by atoms with E-state index in [1.807, 2.05) is 28.8 Å². The highest BCUT2D eigenvalue weighted by atomic mass is 16.5. The molecule has 0 N–H and O–H groups in total. The lowest BCUT2D eigenvalue weighted by Gasteiger charge is -2.36. The van der Waals surface area contributed by atoms with E-state index in [0.717, 1.165) is 48.8 Å². The van der Waals surface area contributed by atoms with Crippen LogP contribution in [0.2, 0.25) is 0 Å². The van der Waals surface area contributed by atoms with E-state index in [-0.39, 0.29) is 12.2 Å². The number of morpholine rings is 2. The molecule has 29 heavy (non-hydrogen) atoms. The maximum Gasteiger partial charge on any atom is 0.239 e. The highest BCUT2D eigenvalue weighted by Crippen LogP contribution is 2.26. The van der Waals surface area contributed by atoms with Gasteiger partial charge >= 0.3 is 0 Å². The van der Waals surface area contributed by atoms with Gasteiger partial charge in [-0.3, -0.25) is 4.57 Å². The number of aromatic nitrogens is 4. The fraction of sp³-hybridized carbons (Fsp3) is 0.476. The number of para-hydroxylation sites is 2. The van der Waals surface area contributed by atoms with E-state index >= 15 is 0 Å². The Balaban J connectivity index is 1.60. The second-order valence-electron chi connectivity index (χ2n) is 7.75. The van der Waals surface area contributed by atoms with E-state index in [0.29, 0.717) is 19.2 Å². The molecule has 2 aromatic heterocycles. The van der Waals surface area contributed by atoms with E-state index in [1.54, 1.807) is 6.33 Å². The standard InChI is InChI=1S/C21H26N6O2/c1-15-12-26(13-16(2)29-15)20-11-19(25-7-9-28-10-8-25)23-21(24-20)27-14-22-17-5-3-4-6-18(17)27/h3-6,11,14-16H,7-10,12-13H2,1-2H3/t15-,16+. The van der Waals surface area contributed by atoms with Crippen LogP contribution in [0.3, 0.4) is 0 Å². The number of imidazole rings is 1. The number of rotatable bonds is 3. The molecule has 0 bridgehead atoms. The van der Waals surface area contributed by atoms with Gasteiger partial charge in [0.15, 0.2) is 0 Å². The summed E-state index contributed by atoms with van der Waals surface area (Å²) in [5, 5.41) is 0. The van der Waals surface area contributed by atoms with Gasteiger partial charge in [0.2, 0.25) is 5.95 Å². The first kappa shape index (κ1) is 18.3. The van der Waals surface area contributed by atoms with E-state index in [9.17, 15) is 0 Å². The minimum absolute atomic E-state index is 0.165. The van der Waals surface area contributed by atoms with Crippen molar-refractivity contribution >= 4 is 22.7 Å². The third kappa shape index (κ3) is 3.65. The van der Waals surface area contributed by atoms with Crippen molar-refractivity contribution < 1.29 is 9.47 Å². The van der Waals surface area contributed by atoms with E-state index < -0.39 is 0 Å². The van der Waals surface area contributed by atoms with Crippen LogP contribution in [-0.4, -0.2) is 71.1 Å². The molecule has 5 rings (SSSR count). The predicted octanol–water partition coefficient (Wildman–Crippen LogP) is 2.27. The van der Waals surface area contributed by atoms with Crippen molar-refractivity contribution in [2.75, 3.05) is 49.2 Å². The van der Waals surface area contributed by atoms with Crippen LogP contribution in [0.1, 0.15) is 13.8 Å². The molecule has 8 nitrogen and oxygen atoms in total. The zero-order valence-corrected chi connectivity index (χ0v) is 16.9. The van der Waals surface area contributed by atoms with Gasteiger partial charge in [-0.05, 0) is 26.0 Å². The number of nitrogens with zero attached hydrogens (tertiary/aromatic N) is 6. The molecular weight excluding hydrogens is 368 g/mol. The summed E-state index contributed by atoms with van der Waals surface area (Å²) in [5.74, 6) is 2.50. The molecule has 3 aromatic rings. The van der Waals surface area contributed by atoms with Gasteiger partial charge in [-0.1, -0.05) is 12.1 Å². The van der Waals surface area contributed by atoms with Crippen LogP contribution in [0.25, 0.3) is 17.0 Å². The first-order chi connectivity index (χ1) is 14.2. The van der Waals surface area contributed by atoms with Crippen LogP contribution >= 0.6 is 0 Å². The third-order valence-corrected chi connectivity index (χ3v) is 5.44. The minimum Gasteiger partial charge on any atom is -0.378 e. The third-order valence-electron chi connectivity index (χ3n) is 5.44. The number of hydrogen-bond acceptors (Lipinski definition) is 7. The number of anilines is 2. The zero-order chi connectivity index (χ0) is 19.8. The molecule has 4 heterocycles. The van der Waals surface area contributed by atoms with Gasteiger partial charge in [0.05, 0.1) is 36.5 Å². The van der Waals surface area contributed by atoms with Crippen LogP contribution in [0.4, 0.5) is 11.6 Å². The zero-order valence-electron chi connectivity index (χ0n) is 16.9. The number of fused-ring (bicyclic) bond motifs is 1. The van der Waals surface area contributed by atoms with Crippen molar-refractivity contribution in [3.8, 4) is 5.95 Å². The summed E-state index contributed by atoms with van der Waals surface area (Å²) in [6.07, 6.45) is 2.13. The lowest BCUT2D eigenvalue weighted by atomic mass is 10.2. The molecule has 0 radical (unpaired) electrons. The van der Waals surface area contributed by atoms with E-state index in [4.69, 9.17) is 19.4 Å². The highest BCUT2D eigenvalue weighted by Gasteiger charge is 2.25. The molecule has 0 amide bonds. The quantitative estimate of drug-likeness (QED) is 0.675. The summed E-state index contributed by atoms with van der Waals surface area (Å²) in [7, 11) is 0. The molecule has 2 aliphatic heterocycles. The molecule has 2 fully saturated rings. The van der Waals surface area contributed by atoms with Gasteiger partial charge in [-0.15, -0.1) is 0 Å². The Labute approximate surface area is 170 Å². The van der Waals surface area contributed by atoms with Crippen molar-refractivity contribution in [3.05, 3.63) is 36.7 Å².